The number of hydrogen-bond acceptors (Lipinski definition) is 3. The number of nitrogens with one attached hydrogen (secondary N) is 1. The lowest BCUT2D eigenvalue weighted by Gasteiger charge is -2.23. The van der Waals surface area contributed by atoms with E-state index in [4.69, 9.17) is 0 Å². The standard InChI is InChI=1S/C18H21FN4/c19-13-2-1-3-14(6-13)23-11-12(7-21-23)10-22-17-4-5-18(22)16-9-20-8-15(16)17/h1-3,6-7,11,15-18,20H,4-5,8-10H2. The second kappa shape index (κ2) is 5.14. The average Bonchev–Trinajstić information content (AvgIpc) is 3.29. The maximum Gasteiger partial charge on any atom is 0.125 e. The van der Waals surface area contributed by atoms with Gasteiger partial charge < -0.3 is 5.32 Å². The average molecular weight is 312 g/mol. The van der Waals surface area contributed by atoms with E-state index >= 15 is 0 Å². The minimum Gasteiger partial charge on any atom is -0.316 e. The van der Waals surface area contributed by atoms with Gasteiger partial charge in [0.1, 0.15) is 5.82 Å². The number of aromatic nitrogens is 2. The molecular formula is C18H21FN4. The fraction of sp³-hybridized carbons (Fsp3) is 0.500. The van der Waals surface area contributed by atoms with Crippen molar-refractivity contribution in [2.75, 3.05) is 13.1 Å². The summed E-state index contributed by atoms with van der Waals surface area (Å²) in [6.45, 7) is 3.34. The van der Waals surface area contributed by atoms with Gasteiger partial charge in [0.15, 0.2) is 0 Å². The first-order valence-electron chi connectivity index (χ1n) is 8.55. The molecule has 3 aliphatic rings. The van der Waals surface area contributed by atoms with Crippen LogP contribution in [0.5, 0.6) is 0 Å². The highest BCUT2D eigenvalue weighted by Crippen LogP contribution is 2.47. The Kier molecular flexibility index (Phi) is 3.06. The van der Waals surface area contributed by atoms with E-state index in [2.05, 4.69) is 15.3 Å². The molecule has 23 heavy (non-hydrogen) atoms. The largest absolute Gasteiger partial charge is 0.316 e. The van der Waals surface area contributed by atoms with Crippen molar-refractivity contribution in [2.24, 2.45) is 11.8 Å². The molecule has 4 heterocycles. The van der Waals surface area contributed by atoms with Crippen LogP contribution in [-0.4, -0.2) is 39.9 Å². The van der Waals surface area contributed by atoms with Crippen molar-refractivity contribution in [1.82, 2.24) is 20.0 Å². The van der Waals surface area contributed by atoms with E-state index in [9.17, 15) is 4.39 Å². The van der Waals surface area contributed by atoms with Crippen molar-refractivity contribution in [3.05, 3.63) is 48.0 Å². The SMILES string of the molecule is Fc1cccc(-n2cc(CN3C4CCC3C3CNCC34)cn2)c1. The van der Waals surface area contributed by atoms with Crippen LogP contribution in [-0.2, 0) is 6.54 Å². The molecule has 1 aromatic heterocycles. The van der Waals surface area contributed by atoms with Crippen LogP contribution in [0.3, 0.4) is 0 Å². The molecule has 5 heteroatoms. The van der Waals surface area contributed by atoms with Crippen LogP contribution in [0.15, 0.2) is 36.7 Å². The Labute approximate surface area is 135 Å². The Morgan fingerprint density at radius 2 is 1.96 bits per heavy atom. The molecule has 5 rings (SSSR count). The summed E-state index contributed by atoms with van der Waals surface area (Å²) in [5.74, 6) is 1.46. The summed E-state index contributed by atoms with van der Waals surface area (Å²) >= 11 is 0. The number of fused-ring (bicyclic) bond motifs is 5. The molecule has 2 bridgehead atoms. The Bertz CT molecular complexity index is 709. The number of rotatable bonds is 3. The van der Waals surface area contributed by atoms with E-state index in [-0.39, 0.29) is 5.82 Å². The van der Waals surface area contributed by atoms with Gasteiger partial charge in [-0.25, -0.2) is 9.07 Å². The summed E-state index contributed by atoms with van der Waals surface area (Å²) in [7, 11) is 0. The van der Waals surface area contributed by atoms with Gasteiger partial charge in [0.2, 0.25) is 0 Å². The minimum atomic E-state index is -0.225. The predicted octanol–water partition coefficient (Wildman–Crippen LogP) is 2.19. The molecule has 1 N–H and O–H groups in total. The van der Waals surface area contributed by atoms with E-state index in [1.165, 1.54) is 43.6 Å². The molecule has 2 aromatic rings. The molecular weight excluding hydrogens is 291 g/mol. The molecule has 4 atom stereocenters. The summed E-state index contributed by atoms with van der Waals surface area (Å²) in [5, 5.41) is 7.99. The fourth-order valence-electron chi connectivity index (χ4n) is 5.05. The number of nitrogens with zero attached hydrogens (tertiary/aromatic N) is 3. The highest BCUT2D eigenvalue weighted by atomic mass is 19.1. The number of benzene rings is 1. The van der Waals surface area contributed by atoms with Gasteiger partial charge in [0.25, 0.3) is 0 Å². The van der Waals surface area contributed by atoms with Crippen LogP contribution >= 0.6 is 0 Å². The van der Waals surface area contributed by atoms with E-state index < -0.39 is 0 Å². The lowest BCUT2D eigenvalue weighted by Crippen LogP contribution is -2.33. The molecule has 3 saturated heterocycles. The maximum atomic E-state index is 13.4. The van der Waals surface area contributed by atoms with Crippen LogP contribution in [0.1, 0.15) is 18.4 Å². The van der Waals surface area contributed by atoms with Gasteiger partial charge in [-0.3, -0.25) is 4.90 Å². The summed E-state index contributed by atoms with van der Waals surface area (Å²) in [6, 6.07) is 8.06. The Balaban J connectivity index is 1.36. The van der Waals surface area contributed by atoms with Crippen molar-refractivity contribution in [3.63, 3.8) is 0 Å². The Morgan fingerprint density at radius 3 is 2.70 bits per heavy atom. The predicted molar refractivity (Wildman–Crippen MR) is 85.7 cm³/mol. The number of hydrogen-bond donors (Lipinski definition) is 1. The van der Waals surface area contributed by atoms with E-state index in [0.717, 1.165) is 36.2 Å². The molecule has 0 saturated carbocycles. The highest BCUT2D eigenvalue weighted by Gasteiger charge is 2.54. The molecule has 3 fully saturated rings. The van der Waals surface area contributed by atoms with Crippen LogP contribution in [0.4, 0.5) is 4.39 Å². The van der Waals surface area contributed by atoms with Crippen LogP contribution in [0, 0.1) is 17.7 Å². The molecule has 0 amide bonds. The summed E-state index contributed by atoms with van der Waals surface area (Å²) in [4.78, 5) is 2.70. The zero-order chi connectivity index (χ0) is 15.4. The molecule has 1 aromatic carbocycles. The van der Waals surface area contributed by atoms with Gasteiger partial charge in [-0.1, -0.05) is 6.07 Å². The second-order valence-corrected chi connectivity index (χ2v) is 7.14. The Hall–Kier alpha value is -1.72. The van der Waals surface area contributed by atoms with E-state index in [1.54, 1.807) is 10.7 Å². The normalized spacial score (nSPS) is 32.6. The molecule has 0 spiro atoms. The molecule has 0 radical (unpaired) electrons. The van der Waals surface area contributed by atoms with Crippen molar-refractivity contribution in [2.45, 2.75) is 31.5 Å². The fourth-order valence-corrected chi connectivity index (χ4v) is 5.05. The van der Waals surface area contributed by atoms with Gasteiger partial charge in [0, 0.05) is 30.4 Å². The summed E-state index contributed by atoms with van der Waals surface area (Å²) < 4.78 is 15.2. The zero-order valence-electron chi connectivity index (χ0n) is 13.0. The van der Waals surface area contributed by atoms with Crippen molar-refractivity contribution in [1.29, 1.82) is 0 Å². The van der Waals surface area contributed by atoms with Gasteiger partial charge in [-0.2, -0.15) is 5.10 Å². The van der Waals surface area contributed by atoms with Gasteiger partial charge in [-0.15, -0.1) is 0 Å². The third kappa shape index (κ3) is 2.14. The zero-order valence-corrected chi connectivity index (χ0v) is 13.0. The third-order valence-corrected chi connectivity index (χ3v) is 5.98. The lowest BCUT2D eigenvalue weighted by molar-refractivity contribution is 0.218. The van der Waals surface area contributed by atoms with Crippen LogP contribution in [0.2, 0.25) is 0 Å². The summed E-state index contributed by atoms with van der Waals surface area (Å²) in [6.07, 6.45) is 6.65. The quantitative estimate of drug-likeness (QED) is 0.943. The monoisotopic (exact) mass is 312 g/mol. The first-order valence-corrected chi connectivity index (χ1v) is 8.55. The van der Waals surface area contributed by atoms with Gasteiger partial charge >= 0.3 is 0 Å². The minimum absolute atomic E-state index is 0.225. The van der Waals surface area contributed by atoms with E-state index in [0.29, 0.717) is 0 Å². The molecule has 4 unspecified atom stereocenters. The van der Waals surface area contributed by atoms with Crippen molar-refractivity contribution < 1.29 is 4.39 Å². The molecule has 4 nitrogen and oxygen atoms in total. The first-order chi connectivity index (χ1) is 11.3. The van der Waals surface area contributed by atoms with Crippen molar-refractivity contribution in [3.8, 4) is 5.69 Å². The second-order valence-electron chi connectivity index (χ2n) is 7.14. The van der Waals surface area contributed by atoms with Crippen LogP contribution < -0.4 is 5.32 Å². The van der Waals surface area contributed by atoms with Crippen LogP contribution in [0.25, 0.3) is 5.69 Å². The first kappa shape index (κ1) is 13.7. The molecule has 0 aliphatic carbocycles. The van der Waals surface area contributed by atoms with Crippen molar-refractivity contribution >= 4 is 0 Å². The van der Waals surface area contributed by atoms with E-state index in [1.807, 2.05) is 18.5 Å². The topological polar surface area (TPSA) is 33.1 Å². The molecule has 120 valence electrons. The van der Waals surface area contributed by atoms with Gasteiger partial charge in [-0.05, 0) is 56.0 Å². The highest BCUT2D eigenvalue weighted by molar-refractivity contribution is 5.31. The lowest BCUT2D eigenvalue weighted by atomic mass is 9.82. The molecule has 3 aliphatic heterocycles. The van der Waals surface area contributed by atoms with Gasteiger partial charge in [0.05, 0.1) is 11.9 Å². The maximum absolute atomic E-state index is 13.4. The summed E-state index contributed by atoms with van der Waals surface area (Å²) in [5.41, 5.74) is 2.00. The smallest absolute Gasteiger partial charge is 0.125 e. The Morgan fingerprint density at radius 1 is 1.17 bits per heavy atom. The number of halogens is 1. The third-order valence-electron chi connectivity index (χ3n) is 5.98.